The summed E-state index contributed by atoms with van der Waals surface area (Å²) in [4.78, 5) is 3.92. The van der Waals surface area contributed by atoms with E-state index in [4.69, 9.17) is 17.3 Å². The van der Waals surface area contributed by atoms with Crippen molar-refractivity contribution in [2.45, 2.75) is 23.8 Å². The molecule has 0 radical (unpaired) electrons. The van der Waals surface area contributed by atoms with Crippen molar-refractivity contribution in [2.24, 2.45) is 5.73 Å². The molecule has 1 fully saturated rings. The van der Waals surface area contributed by atoms with Gasteiger partial charge in [0.1, 0.15) is 4.90 Å². The highest BCUT2D eigenvalue weighted by Crippen LogP contribution is 2.21. The lowest BCUT2D eigenvalue weighted by atomic mass is 10.1. The third-order valence-corrected chi connectivity index (χ3v) is 4.78. The van der Waals surface area contributed by atoms with Gasteiger partial charge in [0.05, 0.1) is 5.02 Å². The molecule has 0 aromatic carbocycles. The van der Waals surface area contributed by atoms with Gasteiger partial charge in [-0.2, -0.15) is 4.31 Å². The Hall–Kier alpha value is -0.690. The number of hydrogen-bond donors (Lipinski definition) is 1. The monoisotopic (exact) mass is 275 g/mol. The minimum Gasteiger partial charge on any atom is -0.327 e. The van der Waals surface area contributed by atoms with E-state index in [1.54, 1.807) is 0 Å². The maximum Gasteiger partial charge on any atom is 0.244 e. The van der Waals surface area contributed by atoms with E-state index in [9.17, 15) is 8.42 Å². The van der Waals surface area contributed by atoms with Gasteiger partial charge in [-0.05, 0) is 18.9 Å². The van der Waals surface area contributed by atoms with E-state index in [0.29, 0.717) is 18.1 Å². The lowest BCUT2D eigenvalue weighted by Crippen LogP contribution is -2.45. The van der Waals surface area contributed by atoms with Gasteiger partial charge in [0.2, 0.25) is 10.0 Å². The molecule has 17 heavy (non-hydrogen) atoms. The molecule has 1 atom stereocenters. The van der Waals surface area contributed by atoms with Gasteiger partial charge in [-0.3, -0.25) is 4.98 Å². The molecule has 1 aromatic heterocycles. The van der Waals surface area contributed by atoms with Crippen molar-refractivity contribution in [1.82, 2.24) is 9.29 Å². The molecule has 0 bridgehead atoms. The van der Waals surface area contributed by atoms with Crippen LogP contribution in [0.1, 0.15) is 12.8 Å². The number of rotatable bonds is 2. The Morgan fingerprint density at radius 2 is 2.24 bits per heavy atom. The molecule has 2 rings (SSSR count). The van der Waals surface area contributed by atoms with Crippen molar-refractivity contribution in [2.75, 3.05) is 13.1 Å². The first-order chi connectivity index (χ1) is 8.00. The second-order valence-electron chi connectivity index (χ2n) is 4.10. The van der Waals surface area contributed by atoms with E-state index in [1.165, 1.54) is 22.8 Å². The molecular weight excluding hydrogens is 262 g/mol. The molecule has 2 N–H and O–H groups in total. The molecule has 1 aliphatic heterocycles. The summed E-state index contributed by atoms with van der Waals surface area (Å²) in [5.41, 5.74) is 5.78. The third-order valence-electron chi connectivity index (χ3n) is 2.74. The highest BCUT2D eigenvalue weighted by atomic mass is 35.5. The fourth-order valence-electron chi connectivity index (χ4n) is 1.87. The number of nitrogens with zero attached hydrogens (tertiary/aromatic N) is 2. The summed E-state index contributed by atoms with van der Waals surface area (Å²) in [6.45, 7) is 0.859. The Bertz CT molecular complexity index is 506. The smallest absolute Gasteiger partial charge is 0.244 e. The SMILES string of the molecule is NC1CCCN(S(=O)(=O)c2cncc(Cl)c2)C1. The quantitative estimate of drug-likeness (QED) is 0.868. The Kier molecular flexibility index (Phi) is 3.67. The molecule has 5 nitrogen and oxygen atoms in total. The van der Waals surface area contributed by atoms with Crippen molar-refractivity contribution >= 4 is 21.6 Å². The van der Waals surface area contributed by atoms with Gasteiger partial charge in [-0.25, -0.2) is 8.42 Å². The van der Waals surface area contributed by atoms with Crippen LogP contribution >= 0.6 is 11.6 Å². The van der Waals surface area contributed by atoms with E-state index in [-0.39, 0.29) is 10.9 Å². The molecule has 0 saturated carbocycles. The Morgan fingerprint density at radius 3 is 2.88 bits per heavy atom. The Balaban J connectivity index is 2.29. The van der Waals surface area contributed by atoms with Crippen molar-refractivity contribution in [3.63, 3.8) is 0 Å². The van der Waals surface area contributed by atoms with Crippen LogP contribution in [0.2, 0.25) is 5.02 Å². The van der Waals surface area contributed by atoms with Crippen LogP contribution in [-0.4, -0.2) is 36.8 Å². The maximum atomic E-state index is 12.3. The van der Waals surface area contributed by atoms with Crippen LogP contribution in [0, 0.1) is 0 Å². The van der Waals surface area contributed by atoms with Crippen LogP contribution in [0.3, 0.4) is 0 Å². The molecule has 1 unspecified atom stereocenters. The summed E-state index contributed by atoms with van der Waals surface area (Å²) in [7, 11) is -3.51. The molecule has 1 aromatic rings. The van der Waals surface area contributed by atoms with Gasteiger partial charge in [-0.1, -0.05) is 11.6 Å². The molecule has 7 heteroatoms. The summed E-state index contributed by atoms with van der Waals surface area (Å²) >= 11 is 5.75. The van der Waals surface area contributed by atoms with Crippen molar-refractivity contribution in [1.29, 1.82) is 0 Å². The molecule has 1 saturated heterocycles. The van der Waals surface area contributed by atoms with Gasteiger partial charge in [0.25, 0.3) is 0 Å². The molecule has 94 valence electrons. The van der Waals surface area contributed by atoms with Crippen molar-refractivity contribution in [3.8, 4) is 0 Å². The van der Waals surface area contributed by atoms with E-state index in [0.717, 1.165) is 12.8 Å². The van der Waals surface area contributed by atoms with Crippen LogP contribution in [-0.2, 0) is 10.0 Å². The van der Waals surface area contributed by atoms with Crippen LogP contribution in [0.25, 0.3) is 0 Å². The zero-order valence-electron chi connectivity index (χ0n) is 9.21. The molecule has 1 aliphatic rings. The van der Waals surface area contributed by atoms with E-state index in [1.807, 2.05) is 0 Å². The van der Waals surface area contributed by atoms with Crippen LogP contribution in [0.15, 0.2) is 23.4 Å². The van der Waals surface area contributed by atoms with E-state index in [2.05, 4.69) is 4.98 Å². The fraction of sp³-hybridized carbons (Fsp3) is 0.500. The average molecular weight is 276 g/mol. The van der Waals surface area contributed by atoms with Crippen LogP contribution in [0.5, 0.6) is 0 Å². The number of aromatic nitrogens is 1. The number of piperidine rings is 1. The summed E-state index contributed by atoms with van der Waals surface area (Å²) in [6, 6.07) is 1.31. The number of sulfonamides is 1. The molecule has 2 heterocycles. The molecule has 0 amide bonds. The predicted molar refractivity (Wildman–Crippen MR) is 65.2 cm³/mol. The van der Waals surface area contributed by atoms with Crippen LogP contribution < -0.4 is 5.73 Å². The standard InChI is InChI=1S/C10H14ClN3O2S/c11-8-4-10(6-13-5-8)17(15,16)14-3-1-2-9(12)7-14/h4-6,9H,1-3,7,12H2. The second kappa shape index (κ2) is 4.89. The normalized spacial score (nSPS) is 22.6. The first-order valence-corrected chi connectivity index (χ1v) is 7.18. The summed E-state index contributed by atoms with van der Waals surface area (Å²) < 4.78 is 25.9. The van der Waals surface area contributed by atoms with Gasteiger partial charge < -0.3 is 5.73 Å². The number of nitrogens with two attached hydrogens (primary N) is 1. The van der Waals surface area contributed by atoms with Gasteiger partial charge in [0.15, 0.2) is 0 Å². The highest BCUT2D eigenvalue weighted by molar-refractivity contribution is 7.89. The first-order valence-electron chi connectivity index (χ1n) is 5.36. The van der Waals surface area contributed by atoms with Gasteiger partial charge in [-0.15, -0.1) is 0 Å². The lowest BCUT2D eigenvalue weighted by Gasteiger charge is -2.29. The number of pyridine rings is 1. The second-order valence-corrected chi connectivity index (χ2v) is 6.48. The summed E-state index contributed by atoms with van der Waals surface area (Å²) in [5, 5.41) is 0.312. The minimum atomic E-state index is -3.51. The number of hydrogen-bond acceptors (Lipinski definition) is 4. The average Bonchev–Trinajstić information content (AvgIpc) is 2.29. The Labute approximate surface area is 106 Å². The third kappa shape index (κ3) is 2.77. The maximum absolute atomic E-state index is 12.3. The van der Waals surface area contributed by atoms with E-state index >= 15 is 0 Å². The largest absolute Gasteiger partial charge is 0.327 e. The minimum absolute atomic E-state index is 0.0920. The predicted octanol–water partition coefficient (Wildman–Crippen LogP) is 0.847. The fourth-order valence-corrected chi connectivity index (χ4v) is 3.64. The van der Waals surface area contributed by atoms with E-state index < -0.39 is 10.0 Å². The lowest BCUT2D eigenvalue weighted by molar-refractivity contribution is 0.316. The molecular formula is C10H14ClN3O2S. The van der Waals surface area contributed by atoms with Crippen molar-refractivity contribution < 1.29 is 8.42 Å². The topological polar surface area (TPSA) is 76.3 Å². The van der Waals surface area contributed by atoms with Gasteiger partial charge >= 0.3 is 0 Å². The summed E-state index contributed by atoms with van der Waals surface area (Å²) in [5.74, 6) is 0. The zero-order chi connectivity index (χ0) is 12.5. The summed E-state index contributed by atoms with van der Waals surface area (Å²) in [6.07, 6.45) is 4.36. The molecule has 0 aliphatic carbocycles. The van der Waals surface area contributed by atoms with Crippen LogP contribution in [0.4, 0.5) is 0 Å². The van der Waals surface area contributed by atoms with Gasteiger partial charge in [0, 0.05) is 31.5 Å². The molecule has 0 spiro atoms. The van der Waals surface area contributed by atoms with Crippen molar-refractivity contribution in [3.05, 3.63) is 23.5 Å². The number of halogens is 1. The Morgan fingerprint density at radius 1 is 1.47 bits per heavy atom. The zero-order valence-corrected chi connectivity index (χ0v) is 10.8. The first kappa shape index (κ1) is 12.8. The highest BCUT2D eigenvalue weighted by Gasteiger charge is 2.29.